The Morgan fingerprint density at radius 2 is 2.50 bits per heavy atom. The molecule has 0 amide bonds. The fraction of sp³-hybridized carbons (Fsp3) is 0.700. The summed E-state index contributed by atoms with van der Waals surface area (Å²) in [4.78, 5) is 10.6. The van der Waals surface area contributed by atoms with E-state index in [1.165, 1.54) is 13.3 Å². The lowest BCUT2D eigenvalue weighted by Gasteiger charge is -2.18. The van der Waals surface area contributed by atoms with Crippen LogP contribution in [0.2, 0.25) is 0 Å². The molecule has 0 aliphatic heterocycles. The maximum Gasteiger partial charge on any atom is 0.307 e. The monoisotopic (exact) mass is 168 g/mol. The molecule has 0 aromatic rings. The van der Waals surface area contributed by atoms with Gasteiger partial charge in [0.1, 0.15) is 5.76 Å². The Hall–Kier alpha value is -0.790. The topological polar surface area (TPSA) is 26.3 Å². The molecule has 0 bridgehead atoms. The summed E-state index contributed by atoms with van der Waals surface area (Å²) in [6, 6.07) is 0. The fourth-order valence-electron chi connectivity index (χ4n) is 1.56. The molecule has 0 spiro atoms. The van der Waals surface area contributed by atoms with Crippen molar-refractivity contribution in [3.8, 4) is 0 Å². The first kappa shape index (κ1) is 9.30. The Morgan fingerprint density at radius 1 is 1.75 bits per heavy atom. The van der Waals surface area contributed by atoms with Crippen LogP contribution in [0.15, 0.2) is 11.8 Å². The van der Waals surface area contributed by atoms with Crippen molar-refractivity contribution in [1.29, 1.82) is 0 Å². The molecule has 1 atom stereocenters. The minimum absolute atomic E-state index is 0.196. The summed E-state index contributed by atoms with van der Waals surface area (Å²) >= 11 is 0. The lowest BCUT2D eigenvalue weighted by Crippen LogP contribution is -2.07. The Morgan fingerprint density at radius 3 is 3.08 bits per heavy atom. The smallest absolute Gasteiger partial charge is 0.307 e. The highest BCUT2D eigenvalue weighted by Crippen LogP contribution is 2.25. The summed E-state index contributed by atoms with van der Waals surface area (Å²) in [7, 11) is 0. The Kier molecular flexibility index (Phi) is 3.32. The van der Waals surface area contributed by atoms with Crippen LogP contribution in [0, 0.1) is 5.92 Å². The van der Waals surface area contributed by atoms with Crippen molar-refractivity contribution in [2.75, 3.05) is 0 Å². The first-order valence-electron chi connectivity index (χ1n) is 4.61. The zero-order valence-electron chi connectivity index (χ0n) is 7.80. The molecule has 2 heteroatoms. The second-order valence-corrected chi connectivity index (χ2v) is 3.29. The van der Waals surface area contributed by atoms with E-state index in [4.69, 9.17) is 4.74 Å². The second kappa shape index (κ2) is 4.29. The SMILES string of the molecule is CCC1C=C(OC(C)=O)CCC1. The van der Waals surface area contributed by atoms with Gasteiger partial charge in [-0.25, -0.2) is 0 Å². The van der Waals surface area contributed by atoms with Crippen molar-refractivity contribution in [2.24, 2.45) is 5.92 Å². The number of ether oxygens (including phenoxy) is 1. The molecule has 1 aliphatic rings. The highest BCUT2D eigenvalue weighted by Gasteiger charge is 2.13. The summed E-state index contributed by atoms with van der Waals surface area (Å²) < 4.78 is 5.05. The summed E-state index contributed by atoms with van der Waals surface area (Å²) in [5, 5.41) is 0. The van der Waals surface area contributed by atoms with Crippen molar-refractivity contribution in [3.05, 3.63) is 11.8 Å². The first-order valence-corrected chi connectivity index (χ1v) is 4.61. The van der Waals surface area contributed by atoms with Gasteiger partial charge in [-0.2, -0.15) is 0 Å². The Balaban J connectivity index is 2.51. The van der Waals surface area contributed by atoms with E-state index in [0.29, 0.717) is 5.92 Å². The van der Waals surface area contributed by atoms with Gasteiger partial charge in [-0.05, 0) is 31.3 Å². The van der Waals surface area contributed by atoms with Crippen LogP contribution in [-0.2, 0) is 9.53 Å². The van der Waals surface area contributed by atoms with Crippen molar-refractivity contribution >= 4 is 5.97 Å². The standard InChI is InChI=1S/C10H16O2/c1-3-9-5-4-6-10(7-9)12-8(2)11/h7,9H,3-6H2,1-2H3. The van der Waals surface area contributed by atoms with Crippen molar-refractivity contribution in [3.63, 3.8) is 0 Å². The van der Waals surface area contributed by atoms with E-state index in [1.54, 1.807) is 0 Å². The molecule has 68 valence electrons. The van der Waals surface area contributed by atoms with E-state index >= 15 is 0 Å². The molecule has 2 nitrogen and oxygen atoms in total. The number of hydrogen-bond acceptors (Lipinski definition) is 2. The molecular weight excluding hydrogens is 152 g/mol. The van der Waals surface area contributed by atoms with Gasteiger partial charge in [0.05, 0.1) is 0 Å². The van der Waals surface area contributed by atoms with Crippen molar-refractivity contribution in [2.45, 2.75) is 39.5 Å². The van der Waals surface area contributed by atoms with Gasteiger partial charge in [0.2, 0.25) is 0 Å². The van der Waals surface area contributed by atoms with Gasteiger partial charge < -0.3 is 4.74 Å². The number of allylic oxidation sites excluding steroid dienone is 2. The van der Waals surface area contributed by atoms with Crippen LogP contribution < -0.4 is 0 Å². The number of carbonyl (C=O) groups is 1. The summed E-state index contributed by atoms with van der Waals surface area (Å²) in [6.45, 7) is 3.62. The minimum Gasteiger partial charge on any atom is -0.432 e. The number of hydrogen-bond donors (Lipinski definition) is 0. The maximum atomic E-state index is 10.6. The quantitative estimate of drug-likeness (QED) is 0.592. The van der Waals surface area contributed by atoms with Crippen LogP contribution in [0.4, 0.5) is 0 Å². The molecule has 1 aliphatic carbocycles. The van der Waals surface area contributed by atoms with Crippen LogP contribution in [0.1, 0.15) is 39.5 Å². The third kappa shape index (κ3) is 2.68. The van der Waals surface area contributed by atoms with E-state index in [1.807, 2.05) is 0 Å². The van der Waals surface area contributed by atoms with Crippen LogP contribution in [0.3, 0.4) is 0 Å². The second-order valence-electron chi connectivity index (χ2n) is 3.29. The Labute approximate surface area is 73.6 Å². The lowest BCUT2D eigenvalue weighted by atomic mass is 9.93. The fourth-order valence-corrected chi connectivity index (χ4v) is 1.56. The van der Waals surface area contributed by atoms with Gasteiger partial charge in [-0.3, -0.25) is 4.79 Å². The summed E-state index contributed by atoms with van der Waals surface area (Å²) in [5.41, 5.74) is 0. The van der Waals surface area contributed by atoms with Gasteiger partial charge in [0, 0.05) is 13.3 Å². The molecule has 1 rings (SSSR count). The molecule has 0 fully saturated rings. The van der Waals surface area contributed by atoms with Gasteiger partial charge in [-0.15, -0.1) is 0 Å². The molecule has 0 saturated heterocycles. The molecule has 0 radical (unpaired) electrons. The third-order valence-corrected chi connectivity index (χ3v) is 2.22. The average Bonchev–Trinajstić information content (AvgIpc) is 2.03. The number of carbonyl (C=O) groups excluding carboxylic acids is 1. The molecule has 0 aromatic carbocycles. The van der Waals surface area contributed by atoms with Crippen LogP contribution >= 0.6 is 0 Å². The molecule has 0 heterocycles. The largest absolute Gasteiger partial charge is 0.432 e. The number of rotatable bonds is 2. The average molecular weight is 168 g/mol. The summed E-state index contributed by atoms with van der Waals surface area (Å²) in [5.74, 6) is 1.30. The molecule has 0 aromatic heterocycles. The lowest BCUT2D eigenvalue weighted by molar-refractivity contribution is -0.137. The molecule has 0 N–H and O–H groups in total. The molecular formula is C10H16O2. The third-order valence-electron chi connectivity index (χ3n) is 2.22. The van der Waals surface area contributed by atoms with Gasteiger partial charge in [0.25, 0.3) is 0 Å². The predicted octanol–water partition coefficient (Wildman–Crippen LogP) is 2.64. The highest BCUT2D eigenvalue weighted by atomic mass is 16.5. The Bertz CT molecular complexity index is 194. The molecule has 1 unspecified atom stereocenters. The van der Waals surface area contributed by atoms with Crippen LogP contribution in [0.25, 0.3) is 0 Å². The van der Waals surface area contributed by atoms with Crippen LogP contribution in [-0.4, -0.2) is 5.97 Å². The van der Waals surface area contributed by atoms with E-state index < -0.39 is 0 Å². The zero-order chi connectivity index (χ0) is 8.97. The highest BCUT2D eigenvalue weighted by molar-refractivity contribution is 5.67. The van der Waals surface area contributed by atoms with Gasteiger partial charge in [-0.1, -0.05) is 6.92 Å². The minimum atomic E-state index is -0.196. The maximum absolute atomic E-state index is 10.6. The number of esters is 1. The van der Waals surface area contributed by atoms with Crippen molar-refractivity contribution in [1.82, 2.24) is 0 Å². The first-order chi connectivity index (χ1) is 5.72. The molecule has 0 saturated carbocycles. The van der Waals surface area contributed by atoms with Crippen molar-refractivity contribution < 1.29 is 9.53 Å². The normalized spacial score (nSPS) is 23.2. The zero-order valence-corrected chi connectivity index (χ0v) is 7.80. The van der Waals surface area contributed by atoms with Gasteiger partial charge in [0.15, 0.2) is 0 Å². The van der Waals surface area contributed by atoms with Crippen LogP contribution in [0.5, 0.6) is 0 Å². The van der Waals surface area contributed by atoms with Gasteiger partial charge >= 0.3 is 5.97 Å². The van der Waals surface area contributed by atoms with E-state index in [9.17, 15) is 4.79 Å². The summed E-state index contributed by atoms with van der Waals surface area (Å²) in [6.07, 6.45) is 6.56. The van der Waals surface area contributed by atoms with E-state index in [-0.39, 0.29) is 5.97 Å². The van der Waals surface area contributed by atoms with E-state index in [0.717, 1.165) is 25.0 Å². The molecule has 12 heavy (non-hydrogen) atoms. The van der Waals surface area contributed by atoms with E-state index in [2.05, 4.69) is 13.0 Å². The predicted molar refractivity (Wildman–Crippen MR) is 47.5 cm³/mol.